The van der Waals surface area contributed by atoms with Gasteiger partial charge in [-0.2, -0.15) is 0 Å². The minimum atomic E-state index is 0.478. The highest BCUT2D eigenvalue weighted by atomic mass is 15.5. The highest BCUT2D eigenvalue weighted by Crippen LogP contribution is 2.37. The molecule has 1 saturated carbocycles. The second-order valence-corrected chi connectivity index (χ2v) is 4.37. The first kappa shape index (κ1) is 9.39. The molecule has 1 aliphatic carbocycles. The minimum absolute atomic E-state index is 0.478. The summed E-state index contributed by atoms with van der Waals surface area (Å²) in [7, 11) is 0. The third-order valence-electron chi connectivity index (χ3n) is 2.91. The van der Waals surface area contributed by atoms with E-state index in [0.717, 1.165) is 11.3 Å². The first-order valence-electron chi connectivity index (χ1n) is 5.53. The summed E-state index contributed by atoms with van der Waals surface area (Å²) >= 11 is 0. The van der Waals surface area contributed by atoms with E-state index in [4.69, 9.17) is 5.73 Å². The maximum Gasteiger partial charge on any atom is 0.150 e. The highest BCUT2D eigenvalue weighted by Gasteiger charge is 2.28. The molecule has 0 unspecified atom stereocenters. The standard InChI is InChI=1S/C12H14N4/c1-8-3-2-4-9(7-8)11-12(13)16(15-14-11)10-5-6-10/h2-4,7,10H,5-6,13H2,1H3. The Morgan fingerprint density at radius 2 is 2.19 bits per heavy atom. The van der Waals surface area contributed by atoms with Crippen LogP contribution < -0.4 is 5.73 Å². The van der Waals surface area contributed by atoms with Crippen LogP contribution in [0, 0.1) is 6.92 Å². The van der Waals surface area contributed by atoms with Crippen LogP contribution in [-0.2, 0) is 0 Å². The topological polar surface area (TPSA) is 56.7 Å². The summed E-state index contributed by atoms with van der Waals surface area (Å²) in [5.41, 5.74) is 9.12. The van der Waals surface area contributed by atoms with Crippen molar-refractivity contribution in [1.82, 2.24) is 15.0 Å². The Hall–Kier alpha value is -1.84. The van der Waals surface area contributed by atoms with E-state index in [9.17, 15) is 0 Å². The number of nitrogen functional groups attached to an aromatic ring is 1. The van der Waals surface area contributed by atoms with Crippen LogP contribution in [0.3, 0.4) is 0 Å². The molecule has 0 amide bonds. The molecular formula is C12H14N4. The number of hydrogen-bond acceptors (Lipinski definition) is 3. The van der Waals surface area contributed by atoms with E-state index < -0.39 is 0 Å². The molecule has 2 N–H and O–H groups in total. The SMILES string of the molecule is Cc1cccc(-c2nnn(C3CC3)c2N)c1. The molecule has 4 heteroatoms. The second-order valence-electron chi connectivity index (χ2n) is 4.37. The lowest BCUT2D eigenvalue weighted by Crippen LogP contribution is -2.02. The molecule has 1 heterocycles. The molecule has 1 fully saturated rings. The van der Waals surface area contributed by atoms with Gasteiger partial charge < -0.3 is 5.73 Å². The lowest BCUT2D eigenvalue weighted by atomic mass is 10.1. The number of benzene rings is 1. The monoisotopic (exact) mass is 214 g/mol. The van der Waals surface area contributed by atoms with Gasteiger partial charge in [-0.3, -0.25) is 0 Å². The van der Waals surface area contributed by atoms with Gasteiger partial charge in [0.15, 0.2) is 5.82 Å². The van der Waals surface area contributed by atoms with Crippen molar-refractivity contribution in [2.45, 2.75) is 25.8 Å². The van der Waals surface area contributed by atoms with Gasteiger partial charge in [0.25, 0.3) is 0 Å². The zero-order valence-corrected chi connectivity index (χ0v) is 9.22. The average molecular weight is 214 g/mol. The van der Waals surface area contributed by atoms with Crippen molar-refractivity contribution in [2.24, 2.45) is 0 Å². The predicted molar refractivity (Wildman–Crippen MR) is 62.9 cm³/mol. The van der Waals surface area contributed by atoms with Crippen LogP contribution >= 0.6 is 0 Å². The number of aryl methyl sites for hydroxylation is 1. The van der Waals surface area contributed by atoms with Gasteiger partial charge in [-0.1, -0.05) is 29.0 Å². The molecule has 4 nitrogen and oxygen atoms in total. The maximum absolute atomic E-state index is 6.06. The summed E-state index contributed by atoms with van der Waals surface area (Å²) in [4.78, 5) is 0. The van der Waals surface area contributed by atoms with Crippen molar-refractivity contribution in [3.63, 3.8) is 0 Å². The van der Waals surface area contributed by atoms with Gasteiger partial charge in [-0.15, -0.1) is 5.10 Å². The maximum atomic E-state index is 6.06. The Morgan fingerprint density at radius 1 is 1.38 bits per heavy atom. The Kier molecular flexibility index (Phi) is 1.96. The number of rotatable bonds is 2. The van der Waals surface area contributed by atoms with Crippen LogP contribution in [0.4, 0.5) is 5.82 Å². The third kappa shape index (κ3) is 1.46. The van der Waals surface area contributed by atoms with Gasteiger partial charge in [-0.25, -0.2) is 4.68 Å². The fourth-order valence-corrected chi connectivity index (χ4v) is 1.89. The summed E-state index contributed by atoms with van der Waals surface area (Å²) in [6.45, 7) is 2.06. The lowest BCUT2D eigenvalue weighted by molar-refractivity contribution is 0.619. The van der Waals surface area contributed by atoms with Crippen molar-refractivity contribution >= 4 is 5.82 Å². The number of nitrogens with zero attached hydrogens (tertiary/aromatic N) is 3. The van der Waals surface area contributed by atoms with Gasteiger partial charge in [0.05, 0.1) is 6.04 Å². The van der Waals surface area contributed by atoms with E-state index in [0.29, 0.717) is 11.9 Å². The molecule has 1 aromatic carbocycles. The fraction of sp³-hybridized carbons (Fsp3) is 0.333. The second kappa shape index (κ2) is 3.33. The highest BCUT2D eigenvalue weighted by molar-refractivity contribution is 5.70. The summed E-state index contributed by atoms with van der Waals surface area (Å²) in [5.74, 6) is 0.688. The van der Waals surface area contributed by atoms with Crippen LogP contribution in [0.25, 0.3) is 11.3 Å². The molecule has 0 radical (unpaired) electrons. The Balaban J connectivity index is 2.06. The minimum Gasteiger partial charge on any atom is -0.382 e. The number of nitrogens with two attached hydrogens (primary N) is 1. The quantitative estimate of drug-likeness (QED) is 0.833. The normalized spacial score (nSPS) is 15.3. The first-order chi connectivity index (χ1) is 7.75. The molecule has 82 valence electrons. The predicted octanol–water partition coefficient (Wildman–Crippen LogP) is 2.17. The zero-order chi connectivity index (χ0) is 11.1. The van der Waals surface area contributed by atoms with Crippen molar-refractivity contribution in [2.75, 3.05) is 5.73 Å². The molecule has 0 aliphatic heterocycles. The number of anilines is 1. The van der Waals surface area contributed by atoms with Gasteiger partial charge in [-0.05, 0) is 25.8 Å². The van der Waals surface area contributed by atoms with Crippen LogP contribution in [0.5, 0.6) is 0 Å². The summed E-state index contributed by atoms with van der Waals surface area (Å²) in [6, 6.07) is 8.65. The smallest absolute Gasteiger partial charge is 0.150 e. The molecule has 0 bridgehead atoms. The van der Waals surface area contributed by atoms with Crippen LogP contribution in [0.15, 0.2) is 24.3 Å². The van der Waals surface area contributed by atoms with Gasteiger partial charge in [0.2, 0.25) is 0 Å². The molecule has 0 spiro atoms. The molecular weight excluding hydrogens is 200 g/mol. The van der Waals surface area contributed by atoms with Crippen molar-refractivity contribution in [3.05, 3.63) is 29.8 Å². The van der Waals surface area contributed by atoms with Gasteiger partial charge in [0.1, 0.15) is 5.69 Å². The van der Waals surface area contributed by atoms with Crippen LogP contribution in [0.1, 0.15) is 24.4 Å². The van der Waals surface area contributed by atoms with E-state index in [1.165, 1.54) is 18.4 Å². The Morgan fingerprint density at radius 3 is 2.88 bits per heavy atom. The van der Waals surface area contributed by atoms with Crippen molar-refractivity contribution in [1.29, 1.82) is 0 Å². The third-order valence-corrected chi connectivity index (χ3v) is 2.91. The fourth-order valence-electron chi connectivity index (χ4n) is 1.89. The molecule has 1 aliphatic rings. The zero-order valence-electron chi connectivity index (χ0n) is 9.22. The molecule has 3 rings (SSSR count). The van der Waals surface area contributed by atoms with Gasteiger partial charge in [0, 0.05) is 5.56 Å². The molecule has 16 heavy (non-hydrogen) atoms. The van der Waals surface area contributed by atoms with Gasteiger partial charge >= 0.3 is 0 Å². The summed E-state index contributed by atoms with van der Waals surface area (Å²) < 4.78 is 1.84. The van der Waals surface area contributed by atoms with Crippen LogP contribution in [-0.4, -0.2) is 15.0 Å². The Labute approximate surface area is 94.1 Å². The lowest BCUT2D eigenvalue weighted by Gasteiger charge is -2.01. The summed E-state index contributed by atoms with van der Waals surface area (Å²) in [6.07, 6.45) is 2.33. The summed E-state index contributed by atoms with van der Waals surface area (Å²) in [5, 5.41) is 8.30. The molecule has 0 saturated heterocycles. The van der Waals surface area contributed by atoms with Crippen molar-refractivity contribution < 1.29 is 0 Å². The molecule has 0 atom stereocenters. The molecule has 1 aromatic heterocycles. The van der Waals surface area contributed by atoms with E-state index in [-0.39, 0.29) is 0 Å². The van der Waals surface area contributed by atoms with E-state index >= 15 is 0 Å². The number of aromatic nitrogens is 3. The van der Waals surface area contributed by atoms with Crippen molar-refractivity contribution in [3.8, 4) is 11.3 Å². The average Bonchev–Trinajstić information content (AvgIpc) is 3.03. The Bertz CT molecular complexity index is 526. The van der Waals surface area contributed by atoms with E-state index in [1.807, 2.05) is 16.8 Å². The van der Waals surface area contributed by atoms with E-state index in [2.05, 4.69) is 29.4 Å². The number of hydrogen-bond donors (Lipinski definition) is 1. The first-order valence-corrected chi connectivity index (χ1v) is 5.53. The largest absolute Gasteiger partial charge is 0.382 e. The van der Waals surface area contributed by atoms with Crippen LogP contribution in [0.2, 0.25) is 0 Å². The van der Waals surface area contributed by atoms with E-state index in [1.54, 1.807) is 0 Å². The molecule has 2 aromatic rings.